The molecule has 116 valence electrons. The number of fused-ring (bicyclic) bond motifs is 1. The molecule has 0 spiro atoms. The van der Waals surface area contributed by atoms with Crippen LogP contribution in [0.25, 0.3) is 0 Å². The van der Waals surface area contributed by atoms with E-state index in [-0.39, 0.29) is 6.04 Å². The molecular weight excluding hydrogens is 306 g/mol. The van der Waals surface area contributed by atoms with Crippen LogP contribution >= 0.6 is 11.6 Å². The first-order valence-corrected chi connectivity index (χ1v) is 9.77. The van der Waals surface area contributed by atoms with Gasteiger partial charge in [0.2, 0.25) is 10.0 Å². The molecule has 1 aliphatic heterocycles. The lowest BCUT2D eigenvalue weighted by Crippen LogP contribution is -2.39. The highest BCUT2D eigenvalue weighted by Gasteiger charge is 2.42. The van der Waals surface area contributed by atoms with E-state index in [9.17, 15) is 8.42 Å². The summed E-state index contributed by atoms with van der Waals surface area (Å²) in [6.45, 7) is 0.682. The van der Waals surface area contributed by atoms with E-state index < -0.39 is 10.0 Å². The Kier molecular flexibility index (Phi) is 4.57. The molecule has 1 aromatic rings. The molecule has 3 nitrogen and oxygen atoms in total. The van der Waals surface area contributed by atoms with E-state index in [4.69, 9.17) is 11.6 Å². The minimum absolute atomic E-state index is 0.228. The molecule has 2 atom stereocenters. The minimum Gasteiger partial charge on any atom is -0.207 e. The summed E-state index contributed by atoms with van der Waals surface area (Å²) >= 11 is 5.72. The number of halogens is 1. The summed E-state index contributed by atoms with van der Waals surface area (Å²) in [4.78, 5) is 0.423. The molecular formula is C16H22ClNO2S. The Morgan fingerprint density at radius 1 is 1.10 bits per heavy atom. The summed E-state index contributed by atoms with van der Waals surface area (Å²) in [5.74, 6) is 1.13. The molecule has 2 aliphatic rings. The average Bonchev–Trinajstić information content (AvgIpc) is 2.93. The quantitative estimate of drug-likeness (QED) is 0.795. The lowest BCUT2D eigenvalue weighted by atomic mass is 9.86. The van der Waals surface area contributed by atoms with E-state index in [1.807, 2.05) is 12.1 Å². The van der Waals surface area contributed by atoms with Gasteiger partial charge in [-0.25, -0.2) is 8.42 Å². The third kappa shape index (κ3) is 2.99. The van der Waals surface area contributed by atoms with Gasteiger partial charge in [-0.2, -0.15) is 4.31 Å². The molecule has 0 N–H and O–H groups in total. The average molecular weight is 328 g/mol. The molecule has 1 saturated heterocycles. The number of alkyl halides is 1. The molecule has 5 heteroatoms. The van der Waals surface area contributed by atoms with E-state index in [1.165, 1.54) is 12.8 Å². The van der Waals surface area contributed by atoms with Crippen LogP contribution in [0.2, 0.25) is 0 Å². The standard InChI is InChI=1S/C16H22ClNO2S/c17-11-9-13-5-7-15(8-6-13)21(19,20)18-12-10-14-3-1-2-4-16(14)18/h5-8,14,16H,1-4,9-12H2. The lowest BCUT2D eigenvalue weighted by Gasteiger charge is -2.31. The van der Waals surface area contributed by atoms with Crippen LogP contribution in [-0.2, 0) is 16.4 Å². The molecule has 2 fully saturated rings. The summed E-state index contributed by atoms with van der Waals surface area (Å²) in [6.07, 6.45) is 6.41. The molecule has 0 bridgehead atoms. The molecule has 0 amide bonds. The van der Waals surface area contributed by atoms with Gasteiger partial charge in [0, 0.05) is 18.5 Å². The van der Waals surface area contributed by atoms with Gasteiger partial charge in [-0.15, -0.1) is 11.6 Å². The number of nitrogens with zero attached hydrogens (tertiary/aromatic N) is 1. The van der Waals surface area contributed by atoms with Crippen molar-refractivity contribution >= 4 is 21.6 Å². The largest absolute Gasteiger partial charge is 0.243 e. The summed E-state index contributed by atoms with van der Waals surface area (Å²) in [5, 5.41) is 0. The monoisotopic (exact) mass is 327 g/mol. The fourth-order valence-corrected chi connectivity index (χ4v) is 5.68. The third-order valence-electron chi connectivity index (χ3n) is 4.87. The van der Waals surface area contributed by atoms with Crippen LogP contribution < -0.4 is 0 Å². The predicted molar refractivity (Wildman–Crippen MR) is 85.1 cm³/mol. The summed E-state index contributed by atoms with van der Waals surface area (Å²) in [7, 11) is -3.34. The summed E-state index contributed by atoms with van der Waals surface area (Å²) in [5.41, 5.74) is 1.08. The van der Waals surface area contributed by atoms with Crippen LogP contribution in [0.1, 0.15) is 37.7 Å². The second kappa shape index (κ2) is 6.27. The molecule has 2 unspecified atom stereocenters. The van der Waals surface area contributed by atoms with Crippen molar-refractivity contribution in [2.45, 2.75) is 49.5 Å². The first-order chi connectivity index (χ1) is 10.1. The Morgan fingerprint density at radius 3 is 2.52 bits per heavy atom. The molecule has 21 heavy (non-hydrogen) atoms. The van der Waals surface area contributed by atoms with Crippen molar-refractivity contribution in [1.29, 1.82) is 0 Å². The van der Waals surface area contributed by atoms with E-state index >= 15 is 0 Å². The molecule has 0 aromatic heterocycles. The Balaban J connectivity index is 1.83. The highest BCUT2D eigenvalue weighted by Crippen LogP contribution is 2.39. The van der Waals surface area contributed by atoms with Gasteiger partial charge in [0.25, 0.3) is 0 Å². The van der Waals surface area contributed by atoms with Crippen LogP contribution in [0, 0.1) is 5.92 Å². The van der Waals surface area contributed by atoms with E-state index in [2.05, 4.69) is 0 Å². The van der Waals surface area contributed by atoms with Crippen molar-refractivity contribution in [2.24, 2.45) is 5.92 Å². The lowest BCUT2D eigenvalue weighted by molar-refractivity contribution is 0.260. The Hall–Kier alpha value is -0.580. The second-order valence-corrected chi connectivity index (χ2v) is 8.37. The number of hydrogen-bond acceptors (Lipinski definition) is 2. The SMILES string of the molecule is O=S(=O)(c1ccc(CCCl)cc1)N1CCC2CCCCC21. The van der Waals surface area contributed by atoms with Gasteiger partial charge >= 0.3 is 0 Å². The van der Waals surface area contributed by atoms with Crippen molar-refractivity contribution in [2.75, 3.05) is 12.4 Å². The van der Waals surface area contributed by atoms with Gasteiger partial charge in [0.1, 0.15) is 0 Å². The fourth-order valence-electron chi connectivity index (χ4n) is 3.73. The normalized spacial score (nSPS) is 26.7. The molecule has 3 rings (SSSR count). The van der Waals surface area contributed by atoms with Gasteiger partial charge in [-0.1, -0.05) is 25.0 Å². The van der Waals surface area contributed by atoms with Crippen LogP contribution in [0.3, 0.4) is 0 Å². The van der Waals surface area contributed by atoms with E-state index in [0.29, 0.717) is 23.2 Å². The predicted octanol–water partition coefficient (Wildman–Crippen LogP) is 3.42. The number of benzene rings is 1. The highest BCUT2D eigenvalue weighted by molar-refractivity contribution is 7.89. The first-order valence-electron chi connectivity index (χ1n) is 7.79. The van der Waals surface area contributed by atoms with Gasteiger partial charge < -0.3 is 0 Å². The molecule has 1 aromatic carbocycles. The van der Waals surface area contributed by atoms with Gasteiger partial charge in [-0.05, 0) is 49.3 Å². The molecule has 1 saturated carbocycles. The van der Waals surface area contributed by atoms with Crippen molar-refractivity contribution in [1.82, 2.24) is 4.31 Å². The maximum Gasteiger partial charge on any atom is 0.243 e. The van der Waals surface area contributed by atoms with Gasteiger partial charge in [0.05, 0.1) is 4.90 Å². The van der Waals surface area contributed by atoms with E-state index in [0.717, 1.165) is 31.2 Å². The zero-order valence-electron chi connectivity index (χ0n) is 12.2. The first kappa shape index (κ1) is 15.3. The maximum atomic E-state index is 12.9. The van der Waals surface area contributed by atoms with Crippen LogP contribution in [-0.4, -0.2) is 31.2 Å². The van der Waals surface area contributed by atoms with Crippen molar-refractivity contribution < 1.29 is 8.42 Å². The summed E-state index contributed by atoms with van der Waals surface area (Å²) < 4.78 is 27.5. The molecule has 1 aliphatic carbocycles. The molecule has 1 heterocycles. The van der Waals surface area contributed by atoms with Crippen molar-refractivity contribution in [3.8, 4) is 0 Å². The number of rotatable bonds is 4. The smallest absolute Gasteiger partial charge is 0.207 e. The van der Waals surface area contributed by atoms with E-state index in [1.54, 1.807) is 16.4 Å². The van der Waals surface area contributed by atoms with Gasteiger partial charge in [-0.3, -0.25) is 0 Å². The molecule has 0 radical (unpaired) electrons. The topological polar surface area (TPSA) is 37.4 Å². The van der Waals surface area contributed by atoms with Gasteiger partial charge in [0.15, 0.2) is 0 Å². The Morgan fingerprint density at radius 2 is 1.81 bits per heavy atom. The van der Waals surface area contributed by atoms with Crippen molar-refractivity contribution in [3.05, 3.63) is 29.8 Å². The Bertz CT molecular complexity index is 585. The third-order valence-corrected chi connectivity index (χ3v) is 7.00. The zero-order chi connectivity index (χ0) is 14.9. The number of aryl methyl sites for hydroxylation is 1. The zero-order valence-corrected chi connectivity index (χ0v) is 13.7. The second-order valence-electron chi connectivity index (χ2n) is 6.10. The number of sulfonamides is 1. The van der Waals surface area contributed by atoms with Crippen LogP contribution in [0.15, 0.2) is 29.2 Å². The van der Waals surface area contributed by atoms with Crippen LogP contribution in [0.4, 0.5) is 0 Å². The minimum atomic E-state index is -3.34. The van der Waals surface area contributed by atoms with Crippen LogP contribution in [0.5, 0.6) is 0 Å². The Labute approximate surface area is 132 Å². The van der Waals surface area contributed by atoms with Crippen molar-refractivity contribution in [3.63, 3.8) is 0 Å². The number of hydrogen-bond donors (Lipinski definition) is 0. The maximum absolute atomic E-state index is 12.9. The highest BCUT2D eigenvalue weighted by atomic mass is 35.5. The fraction of sp³-hybridized carbons (Fsp3) is 0.625. The summed E-state index contributed by atoms with van der Waals surface area (Å²) in [6, 6.07) is 7.44.